The molecule has 0 unspecified atom stereocenters. The first-order valence-electron chi connectivity index (χ1n) is 17.9. The number of allylic oxidation sites excluding steroid dienone is 3. The zero-order valence-electron chi connectivity index (χ0n) is 31.4. The molecule has 1 saturated heterocycles. The number of ether oxygens (including phenoxy) is 2. The number of methoxy groups -OCH3 is 1. The number of esters is 2. The van der Waals surface area contributed by atoms with E-state index in [-0.39, 0.29) is 53.9 Å². The van der Waals surface area contributed by atoms with E-state index in [2.05, 4.69) is 47.6 Å². The molecule has 3 aliphatic rings. The van der Waals surface area contributed by atoms with Crippen molar-refractivity contribution in [2.24, 2.45) is 17.8 Å². The molecule has 3 aromatic rings. The van der Waals surface area contributed by atoms with Gasteiger partial charge < -0.3 is 34.8 Å². The van der Waals surface area contributed by atoms with Crippen LogP contribution in [0.2, 0.25) is 0 Å². The summed E-state index contributed by atoms with van der Waals surface area (Å²) in [7, 11) is 1.33. The van der Waals surface area contributed by atoms with E-state index < -0.39 is 18.0 Å². The van der Waals surface area contributed by atoms with Crippen molar-refractivity contribution in [1.29, 1.82) is 0 Å². The fraction of sp³-hybridized carbons (Fsp3) is 0.463. The smallest absolute Gasteiger partial charge is 0.664 e. The number of aromatic nitrogens is 3. The van der Waals surface area contributed by atoms with Gasteiger partial charge in [-0.1, -0.05) is 84.9 Å². The van der Waals surface area contributed by atoms with Crippen molar-refractivity contribution in [2.45, 2.75) is 93.6 Å². The predicted molar refractivity (Wildman–Crippen MR) is 200 cm³/mol. The quantitative estimate of drug-likeness (QED) is 0.185. The summed E-state index contributed by atoms with van der Waals surface area (Å²) in [6, 6.07) is 0. The van der Waals surface area contributed by atoms with Crippen LogP contribution in [0.5, 0.6) is 0 Å². The summed E-state index contributed by atoms with van der Waals surface area (Å²) in [5.41, 5.74) is 12.0. The van der Waals surface area contributed by atoms with Crippen LogP contribution in [-0.4, -0.2) is 53.8 Å². The van der Waals surface area contributed by atoms with Crippen LogP contribution in [0.15, 0.2) is 23.0 Å². The molecule has 0 spiro atoms. The SMILES string of the molecule is CC/C(C)=C\COC(=O)CC[C@@H]1/C2=C3/c4[n-]c(c(C)c4[C@H](O)[C@@H]3C(=O)OC)/C=c3\[n-]/c(c(C)c3CC)=C\c3[n-]c(c(C)c3CC)/C=C(\[N-]2)[C@H]1C.[Mg+2]. The van der Waals surface area contributed by atoms with Gasteiger partial charge in [-0.15, -0.1) is 33.5 Å². The van der Waals surface area contributed by atoms with E-state index in [4.69, 9.17) is 29.7 Å². The molecule has 1 aliphatic carbocycles. The standard InChI is InChI=1S/C41H48N4O5.Mg/c1-10-20(4)15-16-50-34(46)14-13-27-23(7)30-17-28-21(5)25(11-2)32(42-28)18-29-22(6)26(12-3)33(43-29)19-31-24(8)35-39(45-31)36(38(27)44-30)37(40(35)47)41(48)49-9;/h15,17-19,23,27,37,40,47H,10-14,16H2,1-9H3;/q-4;+2/b20-15-,29-18-,30-17-,33-19-,38-36-;/t23-,27-,37+,40-;/m0./s1. The molecule has 1 N–H and O–H groups in total. The molecule has 10 heteroatoms. The number of rotatable bonds is 9. The van der Waals surface area contributed by atoms with Crippen molar-refractivity contribution in [3.8, 4) is 0 Å². The molecule has 0 aromatic carbocycles. The normalized spacial score (nSPS) is 24.4. The third-order valence-corrected chi connectivity index (χ3v) is 11.1. The van der Waals surface area contributed by atoms with Crippen molar-refractivity contribution in [3.63, 3.8) is 0 Å². The Balaban J connectivity index is 0.00000504. The van der Waals surface area contributed by atoms with Crippen LogP contribution in [0.4, 0.5) is 0 Å². The topological polar surface area (TPSA) is 129 Å². The third kappa shape index (κ3) is 6.82. The summed E-state index contributed by atoms with van der Waals surface area (Å²) < 4.78 is 10.8. The molecule has 1 fully saturated rings. The number of aliphatic hydroxyl groups excluding tert-OH is 1. The monoisotopic (exact) mass is 700 g/mol. The molecule has 8 bridgehead atoms. The van der Waals surface area contributed by atoms with E-state index >= 15 is 0 Å². The summed E-state index contributed by atoms with van der Waals surface area (Å²) in [4.78, 5) is 41.8. The third-order valence-electron chi connectivity index (χ3n) is 11.1. The first-order valence-corrected chi connectivity index (χ1v) is 17.9. The molecule has 9 nitrogen and oxygen atoms in total. The molecule has 0 saturated carbocycles. The number of hydrogen-bond acceptors (Lipinski definition) is 5. The van der Waals surface area contributed by atoms with Crippen LogP contribution in [-0.2, 0) is 31.9 Å². The Morgan fingerprint density at radius 1 is 0.902 bits per heavy atom. The Bertz CT molecular complexity index is 2070. The van der Waals surface area contributed by atoms with Gasteiger partial charge in [0.15, 0.2) is 0 Å². The zero-order chi connectivity index (χ0) is 36.0. The fourth-order valence-corrected chi connectivity index (χ4v) is 7.82. The Hall–Kier alpha value is -3.73. The summed E-state index contributed by atoms with van der Waals surface area (Å²) >= 11 is 0. The maximum absolute atomic E-state index is 13.5. The summed E-state index contributed by atoms with van der Waals surface area (Å²) in [6.07, 6.45) is 10.0. The van der Waals surface area contributed by atoms with Crippen LogP contribution in [0.25, 0.3) is 29.1 Å². The molecular weight excluding hydrogens is 653 g/mol. The van der Waals surface area contributed by atoms with Gasteiger partial charge in [-0.25, -0.2) is 0 Å². The van der Waals surface area contributed by atoms with E-state index in [0.29, 0.717) is 34.6 Å². The molecule has 4 atom stereocenters. The van der Waals surface area contributed by atoms with E-state index in [0.717, 1.165) is 80.4 Å². The second-order valence-electron chi connectivity index (χ2n) is 13.8. The second-order valence-corrected chi connectivity index (χ2v) is 13.8. The van der Waals surface area contributed by atoms with Gasteiger partial charge in [-0.3, -0.25) is 9.59 Å². The maximum Gasteiger partial charge on any atom is 2.00 e. The first-order chi connectivity index (χ1) is 23.9. The number of aliphatic hydroxyl groups is 1. The van der Waals surface area contributed by atoms with Crippen LogP contribution in [0.3, 0.4) is 0 Å². The number of fused-ring (bicyclic) bond motifs is 7. The van der Waals surface area contributed by atoms with Crippen molar-refractivity contribution in [2.75, 3.05) is 13.7 Å². The van der Waals surface area contributed by atoms with Crippen molar-refractivity contribution in [3.05, 3.63) is 95.2 Å². The average Bonchev–Trinajstić information content (AvgIpc) is 3.84. The summed E-state index contributed by atoms with van der Waals surface area (Å²) in [5.74, 6) is -2.22. The molecule has 0 amide bonds. The summed E-state index contributed by atoms with van der Waals surface area (Å²) in [6.45, 7) is 16.8. The minimum atomic E-state index is -1.16. The molecule has 3 aromatic heterocycles. The molecule has 266 valence electrons. The van der Waals surface area contributed by atoms with Gasteiger partial charge in [0.25, 0.3) is 0 Å². The summed E-state index contributed by atoms with van der Waals surface area (Å²) in [5, 5.41) is 18.8. The van der Waals surface area contributed by atoms with Crippen LogP contribution < -0.4 is 25.7 Å². The van der Waals surface area contributed by atoms with E-state index in [1.54, 1.807) is 0 Å². The first kappa shape index (κ1) is 38.5. The van der Waals surface area contributed by atoms with Gasteiger partial charge in [-0.2, -0.15) is 11.4 Å². The maximum atomic E-state index is 13.5. The number of nitrogens with zero attached hydrogens (tertiary/aromatic N) is 4. The van der Waals surface area contributed by atoms with Gasteiger partial charge in [0.05, 0.1) is 13.2 Å². The molecule has 51 heavy (non-hydrogen) atoms. The minimum absolute atomic E-state index is 0. The minimum Gasteiger partial charge on any atom is -0.664 e. The van der Waals surface area contributed by atoms with Gasteiger partial charge in [0.1, 0.15) is 12.5 Å². The van der Waals surface area contributed by atoms with Gasteiger partial charge >= 0.3 is 35.0 Å². The Kier molecular flexibility index (Phi) is 11.7. The predicted octanol–water partition coefficient (Wildman–Crippen LogP) is 5.11. The van der Waals surface area contributed by atoms with Crippen molar-refractivity contribution in [1.82, 2.24) is 15.0 Å². The second kappa shape index (κ2) is 15.5. The van der Waals surface area contributed by atoms with Crippen molar-refractivity contribution >= 4 is 58.8 Å². The molecule has 5 heterocycles. The van der Waals surface area contributed by atoms with Gasteiger partial charge in [-0.05, 0) is 76.9 Å². The fourth-order valence-electron chi connectivity index (χ4n) is 7.82. The zero-order valence-corrected chi connectivity index (χ0v) is 32.9. The van der Waals surface area contributed by atoms with E-state index in [1.807, 2.05) is 32.1 Å². The van der Waals surface area contributed by atoms with Gasteiger partial charge in [0.2, 0.25) is 0 Å². The average molecular weight is 701 g/mol. The Morgan fingerprint density at radius 2 is 1.59 bits per heavy atom. The van der Waals surface area contributed by atoms with E-state index in [9.17, 15) is 14.7 Å². The number of carbonyl (C=O) groups excluding carboxylic acids is 2. The molecular formula is C41H48MgN4O5-2. The molecule has 0 radical (unpaired) electrons. The van der Waals surface area contributed by atoms with Crippen LogP contribution in [0.1, 0.15) is 116 Å². The molecule has 6 rings (SSSR count). The number of hydrogen-bond donors (Lipinski definition) is 1. The van der Waals surface area contributed by atoms with Gasteiger partial charge in [0, 0.05) is 6.42 Å². The van der Waals surface area contributed by atoms with E-state index in [1.165, 1.54) is 7.11 Å². The Labute approximate surface area is 316 Å². The largest absolute Gasteiger partial charge is 2.00 e. The van der Waals surface area contributed by atoms with Crippen LogP contribution in [0, 0.1) is 38.5 Å². The molecule has 2 aliphatic heterocycles. The Morgan fingerprint density at radius 3 is 2.25 bits per heavy atom. The van der Waals surface area contributed by atoms with Crippen molar-refractivity contribution < 1.29 is 24.2 Å². The number of carbonyl (C=O) groups is 2. The van der Waals surface area contributed by atoms with Crippen LogP contribution >= 0.6 is 0 Å².